The van der Waals surface area contributed by atoms with Crippen LogP contribution >= 0.6 is 34.0 Å². The minimum atomic E-state index is -0.777. The molecule has 2 aliphatic carbocycles. The number of Topliss-reactive ketones (excluding diaryl/α,β-unsaturated/α-hetero) is 3. The molecule has 11 rings (SSSR count). The van der Waals surface area contributed by atoms with Crippen LogP contribution in [-0.4, -0.2) is 173 Å². The summed E-state index contributed by atoms with van der Waals surface area (Å²) in [5.41, 5.74) is 14.0. The molecule has 3 saturated heterocycles. The molecular weight excluding hydrogens is 1430 g/mol. The van der Waals surface area contributed by atoms with Crippen molar-refractivity contribution in [2.75, 3.05) is 26.2 Å². The fraction of sp³-hybridized carbons (Fsp3) is 0.593. The first kappa shape index (κ1) is 85.7. The number of carbonyl (C=O) groups is 8. The number of likely N-dealkylation sites (tertiary alicyclic amines) is 3. The van der Waals surface area contributed by atoms with Crippen LogP contribution in [0, 0.1) is 55.3 Å². The van der Waals surface area contributed by atoms with Crippen molar-refractivity contribution in [1.82, 2.24) is 45.6 Å². The van der Waals surface area contributed by atoms with E-state index in [9.17, 15) is 53.7 Å². The molecular formula is C86H119N9O11S3. The zero-order chi connectivity index (χ0) is 79.0. The molecule has 0 spiro atoms. The van der Waals surface area contributed by atoms with Gasteiger partial charge in [-0.15, -0.1) is 34.0 Å². The second kappa shape index (κ2) is 39.3. The Kier molecular flexibility index (Phi) is 30.9. The van der Waals surface area contributed by atoms with Crippen molar-refractivity contribution < 1.29 is 53.7 Å². The lowest BCUT2D eigenvalue weighted by Gasteiger charge is -2.36. The molecule has 5 fully saturated rings. The number of benzene rings is 3. The lowest BCUT2D eigenvalue weighted by molar-refractivity contribution is -0.144. The Morgan fingerprint density at radius 3 is 1.14 bits per heavy atom. The third kappa shape index (κ3) is 23.4. The normalized spacial score (nSPS) is 20.7. The summed E-state index contributed by atoms with van der Waals surface area (Å²) in [6.45, 7) is 26.6. The number of aliphatic hydroxyl groups excluding tert-OH is 3. The third-order valence-electron chi connectivity index (χ3n) is 22.2. The van der Waals surface area contributed by atoms with Crippen molar-refractivity contribution in [2.24, 2.45) is 34.5 Å². The molecule has 3 aliphatic heterocycles. The number of aromatic nitrogens is 3. The van der Waals surface area contributed by atoms with Gasteiger partial charge in [0.1, 0.15) is 12.1 Å². The van der Waals surface area contributed by atoms with E-state index in [0.29, 0.717) is 43.9 Å². The standard InChI is InChI=1S/C30H41N3O4S.C29H41N3O3S.C27H37N3O4S/c1-19-26(38-18-31-19)21-13-10-20(11-14-21)12-15-25(35)24-16-23(34)17-33(24)29(37)27(30(2,3)4)32-28(36)22-8-6-5-7-9-22;1-19(2)14-15-30-27(22-6-4-5-7-22)29(35)32-17-24(33)16-25(32)26(34)13-10-21-8-11-23(12-9-21)28-20(3)31-18-36-28;1-16(2)25(33)29-24(27(4,5)6)26(34)30-14-20(31)13-21(30)22(32)12-9-18-7-10-19(11-8-18)23-17(3)28-15-35-23/h10-11,13-14,18,22-24,27,34H,5-9,12,15-17H2,1-4H3,(H,32,36);8-9,11-12,18-19,22,24-25,27,30,33H,4-7,10,13-17H2,1-3H3;7-8,10-11,15-16,20-21,24,31H,9,12-14H2,1-6H3,(H,29,33)/t23-,24+,27-;24-,25+,27+;20-,21+,24-/m111/s1. The van der Waals surface area contributed by atoms with Gasteiger partial charge in [-0.05, 0) is 135 Å². The lowest BCUT2D eigenvalue weighted by Crippen LogP contribution is -2.57. The highest BCUT2D eigenvalue weighted by Gasteiger charge is 2.47. The molecule has 5 amide bonds. The van der Waals surface area contributed by atoms with Gasteiger partial charge in [-0.3, -0.25) is 38.4 Å². The van der Waals surface area contributed by atoms with Gasteiger partial charge in [0.25, 0.3) is 0 Å². The predicted molar refractivity (Wildman–Crippen MR) is 433 cm³/mol. The zero-order valence-corrected chi connectivity index (χ0v) is 68.9. The summed E-state index contributed by atoms with van der Waals surface area (Å²) in [5, 5.41) is 40.6. The highest BCUT2D eigenvalue weighted by Crippen LogP contribution is 2.36. The summed E-state index contributed by atoms with van der Waals surface area (Å²) in [4.78, 5) is 127. The number of carbonyl (C=O) groups excluding carboxylic acids is 8. The second-order valence-electron chi connectivity index (χ2n) is 33.7. The lowest BCUT2D eigenvalue weighted by atomic mass is 9.83. The SMILES string of the molecule is Cc1ncsc1-c1ccc(CCC(=O)[C@@H]2C[C@@H](O)CN2C(=O)[C@@H](NC(=O)C(C)C)C(C)(C)C)cc1.Cc1ncsc1-c1ccc(CCC(=O)[C@@H]2C[C@@H](O)CN2C(=O)[C@@H](NC(=O)C2CCCCC2)C(C)(C)C)cc1.Cc1ncsc1-c1ccc(CCC(=O)[C@@H]2C[C@@H](O)CN2C(=O)[C@@H](NCCC(C)C)C2CCCC2)cc1. The molecule has 0 radical (unpaired) electrons. The predicted octanol–water partition coefficient (Wildman–Crippen LogP) is 13.2. The van der Waals surface area contributed by atoms with Gasteiger partial charge in [-0.25, -0.2) is 15.0 Å². The van der Waals surface area contributed by atoms with Crippen LogP contribution in [-0.2, 0) is 57.6 Å². The maximum atomic E-state index is 13.8. The van der Waals surface area contributed by atoms with Crippen molar-refractivity contribution >= 4 is 80.9 Å². The second-order valence-corrected chi connectivity index (χ2v) is 36.3. The Balaban J connectivity index is 0.000000189. The number of nitrogens with zero attached hydrogens (tertiary/aromatic N) is 6. The molecule has 6 N–H and O–H groups in total. The average Bonchev–Trinajstić information content (AvgIpc) is 1.71. The van der Waals surface area contributed by atoms with Crippen molar-refractivity contribution in [2.45, 2.75) is 267 Å². The summed E-state index contributed by atoms with van der Waals surface area (Å²) >= 11 is 4.84. The van der Waals surface area contributed by atoms with Gasteiger partial charge in [0, 0.05) is 70.0 Å². The number of aliphatic hydroxyl groups is 3. The summed E-state index contributed by atoms with van der Waals surface area (Å²) in [6, 6.07) is 21.0. The monoisotopic (exact) mass is 1550 g/mol. The first-order valence-electron chi connectivity index (χ1n) is 39.6. The van der Waals surface area contributed by atoms with Crippen LogP contribution in [0.3, 0.4) is 0 Å². The molecule has 0 unspecified atom stereocenters. The van der Waals surface area contributed by atoms with Crippen molar-refractivity contribution in [1.29, 1.82) is 0 Å². The molecule has 592 valence electrons. The number of amides is 5. The molecule has 109 heavy (non-hydrogen) atoms. The maximum absolute atomic E-state index is 13.8. The van der Waals surface area contributed by atoms with Crippen LogP contribution in [0.25, 0.3) is 31.3 Å². The topological polar surface area (TPSA) is 282 Å². The van der Waals surface area contributed by atoms with E-state index in [1.54, 1.807) is 52.8 Å². The fourth-order valence-electron chi connectivity index (χ4n) is 15.6. The maximum Gasteiger partial charge on any atom is 0.246 e. The van der Waals surface area contributed by atoms with Gasteiger partial charge >= 0.3 is 0 Å². The number of rotatable bonds is 27. The first-order valence-corrected chi connectivity index (χ1v) is 42.3. The summed E-state index contributed by atoms with van der Waals surface area (Å²) in [6.07, 6.45) is 11.7. The fourth-order valence-corrected chi connectivity index (χ4v) is 18.0. The number of aryl methyl sites for hydroxylation is 6. The van der Waals surface area contributed by atoms with E-state index in [2.05, 4.69) is 81.1 Å². The summed E-state index contributed by atoms with van der Waals surface area (Å²) < 4.78 is 0. The number of thiazole rings is 3. The number of hydrogen-bond donors (Lipinski definition) is 6. The van der Waals surface area contributed by atoms with Crippen LogP contribution in [0.5, 0.6) is 0 Å². The van der Waals surface area contributed by atoms with Crippen LogP contribution in [0.1, 0.15) is 206 Å². The molecule has 0 bridgehead atoms. The van der Waals surface area contributed by atoms with Gasteiger partial charge in [-0.1, -0.05) is 174 Å². The summed E-state index contributed by atoms with van der Waals surface area (Å²) in [5.74, 6) is -0.376. The van der Waals surface area contributed by atoms with E-state index in [-0.39, 0.29) is 110 Å². The molecule has 23 heteroatoms. The zero-order valence-electron chi connectivity index (χ0n) is 66.4. The van der Waals surface area contributed by atoms with Crippen LogP contribution < -0.4 is 16.0 Å². The number of β-amino-alcohol motifs (C(OH)–C–C–N with tert-alkyl or cyclic N) is 3. The third-order valence-corrected chi connectivity index (χ3v) is 25.1. The van der Waals surface area contributed by atoms with E-state index < -0.39 is 59.4 Å². The van der Waals surface area contributed by atoms with Crippen molar-refractivity contribution in [3.8, 4) is 31.3 Å². The minimum absolute atomic E-state index is 0.00448. The Bertz CT molecular complexity index is 4010. The molecule has 9 atom stereocenters. The Morgan fingerprint density at radius 2 is 0.817 bits per heavy atom. The Hall–Kier alpha value is -7.25. The van der Waals surface area contributed by atoms with Gasteiger partial charge in [0.15, 0.2) is 17.3 Å². The van der Waals surface area contributed by atoms with Crippen LogP contribution in [0.4, 0.5) is 0 Å². The highest BCUT2D eigenvalue weighted by atomic mass is 32.1. The molecule has 6 aromatic rings. The molecule has 3 aromatic carbocycles. The number of hydrogen-bond acceptors (Lipinski definition) is 18. The Labute approximate surface area is 657 Å². The average molecular weight is 1550 g/mol. The minimum Gasteiger partial charge on any atom is -0.391 e. The van der Waals surface area contributed by atoms with Crippen molar-refractivity contribution in [3.05, 3.63) is 123 Å². The number of nitrogens with one attached hydrogen (secondary N) is 3. The van der Waals surface area contributed by atoms with Gasteiger partial charge in [0.05, 0.1) is 90.7 Å². The number of ketones is 3. The molecule has 6 heterocycles. The molecule has 2 saturated carbocycles. The highest BCUT2D eigenvalue weighted by molar-refractivity contribution is 7.14. The molecule has 20 nitrogen and oxygen atoms in total. The Morgan fingerprint density at radius 1 is 0.477 bits per heavy atom. The van der Waals surface area contributed by atoms with Crippen LogP contribution in [0.15, 0.2) is 89.3 Å². The smallest absolute Gasteiger partial charge is 0.246 e. The van der Waals surface area contributed by atoms with E-state index in [0.717, 1.165) is 131 Å². The quantitative estimate of drug-likeness (QED) is 0.0280. The van der Waals surface area contributed by atoms with E-state index in [4.69, 9.17) is 0 Å². The van der Waals surface area contributed by atoms with E-state index >= 15 is 0 Å². The van der Waals surface area contributed by atoms with Gasteiger partial charge < -0.3 is 46.0 Å². The molecule has 3 aromatic heterocycles. The van der Waals surface area contributed by atoms with E-state index in [1.165, 1.54) is 14.7 Å². The van der Waals surface area contributed by atoms with Crippen LogP contribution in [0.2, 0.25) is 0 Å². The van der Waals surface area contributed by atoms with Crippen molar-refractivity contribution in [3.63, 3.8) is 0 Å². The van der Waals surface area contributed by atoms with E-state index in [1.807, 2.05) is 115 Å². The van der Waals surface area contributed by atoms with Gasteiger partial charge in [-0.2, -0.15) is 0 Å². The first-order chi connectivity index (χ1) is 51.7. The largest absolute Gasteiger partial charge is 0.391 e. The van der Waals surface area contributed by atoms with Gasteiger partial charge in [0.2, 0.25) is 29.5 Å². The summed E-state index contributed by atoms with van der Waals surface area (Å²) in [7, 11) is 0. The molecule has 5 aliphatic rings.